The summed E-state index contributed by atoms with van der Waals surface area (Å²) in [7, 11) is 0. The van der Waals surface area contributed by atoms with Crippen molar-refractivity contribution in [3.8, 4) is 5.69 Å². The maximum absolute atomic E-state index is 5.70. The molecule has 3 heterocycles. The fourth-order valence-electron chi connectivity index (χ4n) is 2.24. The molecule has 102 valence electrons. The summed E-state index contributed by atoms with van der Waals surface area (Å²) in [6.07, 6.45) is 11.2. The molecular weight excluding hydrogens is 242 g/mol. The van der Waals surface area contributed by atoms with E-state index in [9.17, 15) is 0 Å². The van der Waals surface area contributed by atoms with Crippen molar-refractivity contribution in [3.05, 3.63) is 36.9 Å². The van der Waals surface area contributed by atoms with Crippen LogP contribution < -0.4 is 0 Å². The molecule has 0 aromatic carbocycles. The standard InChI is InChI=1S/C14H19N3O2/c1-4-9-18-14(5-1)19-10-8-17-12-13(11-15-17)16-6-2-3-7-16/h2-3,6-7,11-12,14H,1,4-5,8-10H2. The average molecular weight is 261 g/mol. The molecule has 0 aliphatic carbocycles. The Kier molecular flexibility index (Phi) is 3.95. The van der Waals surface area contributed by atoms with Crippen LogP contribution in [0.5, 0.6) is 0 Å². The molecule has 1 aliphatic rings. The van der Waals surface area contributed by atoms with E-state index in [1.54, 1.807) is 0 Å². The van der Waals surface area contributed by atoms with Gasteiger partial charge >= 0.3 is 0 Å². The Hall–Kier alpha value is -1.59. The molecule has 0 saturated carbocycles. The van der Waals surface area contributed by atoms with Gasteiger partial charge < -0.3 is 14.0 Å². The van der Waals surface area contributed by atoms with Crippen molar-refractivity contribution < 1.29 is 9.47 Å². The minimum absolute atomic E-state index is 0.0202. The third-order valence-electron chi connectivity index (χ3n) is 3.28. The van der Waals surface area contributed by atoms with Crippen molar-refractivity contribution in [1.82, 2.24) is 14.3 Å². The molecule has 1 unspecified atom stereocenters. The SMILES string of the molecule is c1ccn(-c2cnn(CCOC3CCCCO3)c2)c1. The van der Waals surface area contributed by atoms with Gasteiger partial charge in [0.25, 0.3) is 0 Å². The average Bonchev–Trinajstić information content (AvgIpc) is 3.10. The molecule has 1 saturated heterocycles. The minimum Gasteiger partial charge on any atom is -0.353 e. The van der Waals surface area contributed by atoms with E-state index in [0.717, 1.165) is 31.7 Å². The van der Waals surface area contributed by atoms with Crippen LogP contribution in [0.3, 0.4) is 0 Å². The lowest BCUT2D eigenvalue weighted by Gasteiger charge is -2.22. The maximum atomic E-state index is 5.70. The predicted molar refractivity (Wildman–Crippen MR) is 71.1 cm³/mol. The second-order valence-corrected chi connectivity index (χ2v) is 4.72. The van der Waals surface area contributed by atoms with E-state index in [0.29, 0.717) is 6.61 Å². The van der Waals surface area contributed by atoms with Crippen molar-refractivity contribution in [2.75, 3.05) is 13.2 Å². The fraction of sp³-hybridized carbons (Fsp3) is 0.500. The third-order valence-corrected chi connectivity index (χ3v) is 3.28. The van der Waals surface area contributed by atoms with Gasteiger partial charge in [-0.1, -0.05) is 0 Å². The highest BCUT2D eigenvalue weighted by Crippen LogP contribution is 2.13. The summed E-state index contributed by atoms with van der Waals surface area (Å²) in [6, 6.07) is 4.00. The van der Waals surface area contributed by atoms with Crippen LogP contribution in [0.1, 0.15) is 19.3 Å². The number of hydrogen-bond acceptors (Lipinski definition) is 3. The van der Waals surface area contributed by atoms with E-state index >= 15 is 0 Å². The second-order valence-electron chi connectivity index (χ2n) is 4.72. The lowest BCUT2D eigenvalue weighted by Crippen LogP contribution is -2.24. The molecule has 19 heavy (non-hydrogen) atoms. The largest absolute Gasteiger partial charge is 0.353 e. The Bertz CT molecular complexity index is 487. The van der Waals surface area contributed by atoms with Crippen LogP contribution in [0.15, 0.2) is 36.9 Å². The molecule has 0 radical (unpaired) electrons. The van der Waals surface area contributed by atoms with Gasteiger partial charge in [-0.05, 0) is 31.4 Å². The Morgan fingerprint density at radius 1 is 1.32 bits per heavy atom. The predicted octanol–water partition coefficient (Wildman–Crippen LogP) is 2.22. The first-order valence-electron chi connectivity index (χ1n) is 6.81. The van der Waals surface area contributed by atoms with Gasteiger partial charge in [0.05, 0.1) is 25.0 Å². The normalized spacial score (nSPS) is 19.7. The molecule has 1 atom stereocenters. The number of rotatable bonds is 5. The van der Waals surface area contributed by atoms with Crippen LogP contribution in [-0.4, -0.2) is 33.9 Å². The van der Waals surface area contributed by atoms with E-state index in [1.807, 2.05) is 46.2 Å². The summed E-state index contributed by atoms with van der Waals surface area (Å²) in [5, 5.41) is 4.33. The van der Waals surface area contributed by atoms with Crippen LogP contribution in [0.2, 0.25) is 0 Å². The van der Waals surface area contributed by atoms with Gasteiger partial charge in [-0.2, -0.15) is 5.10 Å². The zero-order chi connectivity index (χ0) is 12.9. The maximum Gasteiger partial charge on any atom is 0.157 e. The molecule has 0 spiro atoms. The van der Waals surface area contributed by atoms with Crippen LogP contribution in [-0.2, 0) is 16.0 Å². The zero-order valence-corrected chi connectivity index (χ0v) is 10.9. The summed E-state index contributed by atoms with van der Waals surface area (Å²) >= 11 is 0. The lowest BCUT2D eigenvalue weighted by atomic mass is 10.2. The summed E-state index contributed by atoms with van der Waals surface area (Å²) in [5.41, 5.74) is 1.07. The third kappa shape index (κ3) is 3.24. The van der Waals surface area contributed by atoms with E-state index in [2.05, 4.69) is 5.10 Å². The van der Waals surface area contributed by atoms with Crippen molar-refractivity contribution >= 4 is 0 Å². The molecule has 2 aromatic rings. The summed E-state index contributed by atoms with van der Waals surface area (Å²) in [6.45, 7) is 2.21. The van der Waals surface area contributed by atoms with Gasteiger partial charge in [0, 0.05) is 25.2 Å². The topological polar surface area (TPSA) is 41.2 Å². The first-order chi connectivity index (χ1) is 9.42. The quantitative estimate of drug-likeness (QED) is 0.828. The van der Waals surface area contributed by atoms with E-state index in [4.69, 9.17) is 9.47 Å². The molecule has 0 bridgehead atoms. The monoisotopic (exact) mass is 261 g/mol. The van der Waals surface area contributed by atoms with Gasteiger partial charge in [-0.15, -0.1) is 0 Å². The van der Waals surface area contributed by atoms with Crippen LogP contribution in [0, 0.1) is 0 Å². The molecule has 0 N–H and O–H groups in total. The molecule has 0 amide bonds. The summed E-state index contributed by atoms with van der Waals surface area (Å²) in [5.74, 6) is 0. The van der Waals surface area contributed by atoms with E-state index in [1.165, 1.54) is 6.42 Å². The minimum atomic E-state index is -0.0202. The van der Waals surface area contributed by atoms with Crippen LogP contribution >= 0.6 is 0 Å². The van der Waals surface area contributed by atoms with Crippen molar-refractivity contribution in [2.45, 2.75) is 32.1 Å². The van der Waals surface area contributed by atoms with Gasteiger partial charge in [-0.3, -0.25) is 4.68 Å². The highest BCUT2D eigenvalue weighted by molar-refractivity contribution is 5.26. The molecule has 1 aliphatic heterocycles. The molecule has 3 rings (SSSR count). The fourth-order valence-corrected chi connectivity index (χ4v) is 2.24. The number of nitrogens with zero attached hydrogens (tertiary/aromatic N) is 3. The van der Waals surface area contributed by atoms with Crippen LogP contribution in [0.4, 0.5) is 0 Å². The van der Waals surface area contributed by atoms with E-state index in [-0.39, 0.29) is 6.29 Å². The second kappa shape index (κ2) is 6.04. The number of hydrogen-bond donors (Lipinski definition) is 0. The number of aromatic nitrogens is 3. The van der Waals surface area contributed by atoms with Crippen molar-refractivity contribution in [2.24, 2.45) is 0 Å². The Morgan fingerprint density at radius 3 is 3.00 bits per heavy atom. The highest BCUT2D eigenvalue weighted by Gasteiger charge is 2.13. The summed E-state index contributed by atoms with van der Waals surface area (Å²) < 4.78 is 15.2. The molecule has 5 heteroatoms. The van der Waals surface area contributed by atoms with Gasteiger partial charge in [0.15, 0.2) is 6.29 Å². The molecular formula is C14H19N3O2. The first-order valence-corrected chi connectivity index (χ1v) is 6.81. The number of ether oxygens (including phenoxy) is 2. The molecule has 5 nitrogen and oxygen atoms in total. The Labute approximate surface area is 112 Å². The molecule has 2 aromatic heterocycles. The van der Waals surface area contributed by atoms with E-state index < -0.39 is 0 Å². The van der Waals surface area contributed by atoms with Crippen molar-refractivity contribution in [1.29, 1.82) is 0 Å². The smallest absolute Gasteiger partial charge is 0.157 e. The lowest BCUT2D eigenvalue weighted by molar-refractivity contribution is -0.163. The van der Waals surface area contributed by atoms with Gasteiger partial charge in [0.2, 0.25) is 0 Å². The Morgan fingerprint density at radius 2 is 2.21 bits per heavy atom. The Balaban J connectivity index is 1.48. The highest BCUT2D eigenvalue weighted by atomic mass is 16.7. The summed E-state index contributed by atoms with van der Waals surface area (Å²) in [4.78, 5) is 0. The van der Waals surface area contributed by atoms with Gasteiger partial charge in [-0.25, -0.2) is 0 Å². The van der Waals surface area contributed by atoms with Gasteiger partial charge in [0.1, 0.15) is 0 Å². The van der Waals surface area contributed by atoms with Crippen molar-refractivity contribution in [3.63, 3.8) is 0 Å². The van der Waals surface area contributed by atoms with Crippen LogP contribution in [0.25, 0.3) is 5.69 Å². The molecule has 1 fully saturated rings. The zero-order valence-electron chi connectivity index (χ0n) is 10.9. The first kappa shape index (κ1) is 12.4.